The van der Waals surface area contributed by atoms with Crippen LogP contribution in [0.5, 0.6) is 0 Å². The van der Waals surface area contributed by atoms with Gasteiger partial charge < -0.3 is 5.73 Å². The van der Waals surface area contributed by atoms with Gasteiger partial charge in [0.25, 0.3) is 0 Å². The minimum atomic E-state index is 0.217. The summed E-state index contributed by atoms with van der Waals surface area (Å²) in [7, 11) is 1.96. The number of nitrogen functional groups attached to an aromatic ring is 1. The van der Waals surface area contributed by atoms with Gasteiger partial charge in [0.05, 0.1) is 30.6 Å². The van der Waals surface area contributed by atoms with Crippen LogP contribution < -0.4 is 5.73 Å². The van der Waals surface area contributed by atoms with E-state index in [4.69, 9.17) is 11.0 Å². The van der Waals surface area contributed by atoms with Crippen molar-refractivity contribution in [3.63, 3.8) is 0 Å². The highest BCUT2D eigenvalue weighted by atomic mass is 15.1. The summed E-state index contributed by atoms with van der Waals surface area (Å²) in [4.78, 5) is 10.2. The van der Waals surface area contributed by atoms with Crippen LogP contribution in [0.3, 0.4) is 0 Å². The molecule has 0 aliphatic rings. The normalized spacial score (nSPS) is 12.4. The van der Waals surface area contributed by atoms with Crippen LogP contribution in [0.25, 0.3) is 0 Å². The summed E-state index contributed by atoms with van der Waals surface area (Å²) in [5.41, 5.74) is 6.29. The Balaban J connectivity index is 2.55. The Hall–Kier alpha value is -1.67. The fourth-order valence-corrected chi connectivity index (χ4v) is 1.15. The van der Waals surface area contributed by atoms with Crippen molar-refractivity contribution in [1.29, 1.82) is 5.26 Å². The predicted octanol–water partition coefficient (Wildman–Crippen LogP) is 0.793. The van der Waals surface area contributed by atoms with Crippen LogP contribution in [0, 0.1) is 11.3 Å². The van der Waals surface area contributed by atoms with Gasteiger partial charge in [-0.1, -0.05) is 0 Å². The highest BCUT2D eigenvalue weighted by Crippen LogP contribution is 2.05. The highest BCUT2D eigenvalue weighted by Gasteiger charge is 2.09. The van der Waals surface area contributed by atoms with Crippen LogP contribution >= 0.6 is 0 Å². The zero-order valence-electron chi connectivity index (χ0n) is 9.01. The first-order chi connectivity index (χ1) is 7.13. The second kappa shape index (κ2) is 5.27. The lowest BCUT2D eigenvalue weighted by Crippen LogP contribution is -2.28. The Morgan fingerprint density at radius 1 is 1.53 bits per heavy atom. The monoisotopic (exact) mass is 205 g/mol. The van der Waals surface area contributed by atoms with Crippen LogP contribution in [0.15, 0.2) is 12.4 Å². The van der Waals surface area contributed by atoms with E-state index in [1.54, 1.807) is 6.20 Å². The SMILES string of the molecule is CC(CC#N)N(C)Cc1cnc(N)cn1. The van der Waals surface area contributed by atoms with E-state index in [0.29, 0.717) is 18.8 Å². The Bertz CT molecular complexity index is 340. The molecule has 1 aromatic heterocycles. The number of rotatable bonds is 4. The summed E-state index contributed by atoms with van der Waals surface area (Å²) in [6, 6.07) is 2.36. The standard InChI is InChI=1S/C10H15N5/c1-8(3-4-11)15(2)7-9-5-14-10(12)6-13-9/h5-6,8H,3,7H2,1-2H3,(H2,12,14). The second-order valence-corrected chi connectivity index (χ2v) is 3.56. The van der Waals surface area contributed by atoms with E-state index in [1.165, 1.54) is 6.20 Å². The van der Waals surface area contributed by atoms with Crippen molar-refractivity contribution in [3.8, 4) is 6.07 Å². The minimum absolute atomic E-state index is 0.217. The molecule has 0 saturated carbocycles. The van der Waals surface area contributed by atoms with Crippen LogP contribution in [-0.2, 0) is 6.54 Å². The molecule has 0 spiro atoms. The molecule has 1 aromatic rings. The fourth-order valence-electron chi connectivity index (χ4n) is 1.15. The van der Waals surface area contributed by atoms with Gasteiger partial charge in [-0.05, 0) is 14.0 Å². The van der Waals surface area contributed by atoms with Crippen molar-refractivity contribution in [1.82, 2.24) is 14.9 Å². The first kappa shape index (κ1) is 11.4. The molecule has 5 heteroatoms. The summed E-state index contributed by atoms with van der Waals surface area (Å²) in [5, 5.41) is 8.57. The van der Waals surface area contributed by atoms with Crippen LogP contribution in [-0.4, -0.2) is 28.0 Å². The number of anilines is 1. The first-order valence-electron chi connectivity index (χ1n) is 4.77. The van der Waals surface area contributed by atoms with E-state index >= 15 is 0 Å². The molecule has 0 saturated heterocycles. The average Bonchev–Trinajstić information content (AvgIpc) is 2.22. The van der Waals surface area contributed by atoms with Crippen molar-refractivity contribution < 1.29 is 0 Å². The second-order valence-electron chi connectivity index (χ2n) is 3.56. The topological polar surface area (TPSA) is 78.8 Å². The molecule has 1 heterocycles. The molecular formula is C10H15N5. The molecule has 0 fully saturated rings. The molecule has 0 bridgehead atoms. The van der Waals surface area contributed by atoms with Gasteiger partial charge in [0, 0.05) is 12.6 Å². The fraction of sp³-hybridized carbons (Fsp3) is 0.500. The molecule has 1 atom stereocenters. The number of hydrogen-bond donors (Lipinski definition) is 1. The lowest BCUT2D eigenvalue weighted by molar-refractivity contribution is 0.249. The van der Waals surface area contributed by atoms with E-state index in [-0.39, 0.29) is 6.04 Å². The molecule has 0 aromatic carbocycles. The third-order valence-electron chi connectivity index (χ3n) is 2.28. The van der Waals surface area contributed by atoms with Crippen molar-refractivity contribution in [2.75, 3.05) is 12.8 Å². The van der Waals surface area contributed by atoms with Gasteiger partial charge in [0.15, 0.2) is 0 Å². The van der Waals surface area contributed by atoms with E-state index < -0.39 is 0 Å². The molecule has 1 rings (SSSR count). The zero-order chi connectivity index (χ0) is 11.3. The number of nitrogens with zero attached hydrogens (tertiary/aromatic N) is 4. The molecule has 0 amide bonds. The Kier molecular flexibility index (Phi) is 4.01. The lowest BCUT2D eigenvalue weighted by Gasteiger charge is -2.21. The molecule has 0 aliphatic carbocycles. The Morgan fingerprint density at radius 2 is 2.27 bits per heavy atom. The van der Waals surface area contributed by atoms with Gasteiger partial charge in [-0.15, -0.1) is 0 Å². The van der Waals surface area contributed by atoms with Gasteiger partial charge in [-0.3, -0.25) is 9.88 Å². The quantitative estimate of drug-likeness (QED) is 0.786. The summed E-state index contributed by atoms with van der Waals surface area (Å²) in [6.07, 6.45) is 3.71. The average molecular weight is 205 g/mol. The lowest BCUT2D eigenvalue weighted by atomic mass is 10.2. The van der Waals surface area contributed by atoms with Crippen molar-refractivity contribution in [2.45, 2.75) is 25.9 Å². The summed E-state index contributed by atoms with van der Waals surface area (Å²) in [6.45, 7) is 2.68. The first-order valence-corrected chi connectivity index (χ1v) is 4.77. The molecule has 1 unspecified atom stereocenters. The molecule has 80 valence electrons. The van der Waals surface area contributed by atoms with Crippen molar-refractivity contribution in [3.05, 3.63) is 18.1 Å². The van der Waals surface area contributed by atoms with Gasteiger partial charge in [0.2, 0.25) is 0 Å². The van der Waals surface area contributed by atoms with Gasteiger partial charge in [-0.25, -0.2) is 4.98 Å². The molecular weight excluding hydrogens is 190 g/mol. The zero-order valence-corrected chi connectivity index (χ0v) is 9.01. The van der Waals surface area contributed by atoms with E-state index in [0.717, 1.165) is 5.69 Å². The minimum Gasteiger partial charge on any atom is -0.382 e. The van der Waals surface area contributed by atoms with E-state index in [9.17, 15) is 0 Å². The van der Waals surface area contributed by atoms with E-state index in [2.05, 4.69) is 20.9 Å². The summed E-state index contributed by atoms with van der Waals surface area (Å²) in [5.74, 6) is 0.423. The maximum atomic E-state index is 8.57. The number of nitrogens with two attached hydrogens (primary N) is 1. The van der Waals surface area contributed by atoms with Crippen molar-refractivity contribution in [2.24, 2.45) is 0 Å². The third-order valence-corrected chi connectivity index (χ3v) is 2.28. The largest absolute Gasteiger partial charge is 0.382 e. The Morgan fingerprint density at radius 3 is 2.80 bits per heavy atom. The van der Waals surface area contributed by atoms with Gasteiger partial charge in [0.1, 0.15) is 5.82 Å². The van der Waals surface area contributed by atoms with Crippen LogP contribution in [0.1, 0.15) is 19.0 Å². The van der Waals surface area contributed by atoms with Gasteiger partial charge >= 0.3 is 0 Å². The maximum absolute atomic E-state index is 8.57. The molecule has 5 nitrogen and oxygen atoms in total. The predicted molar refractivity (Wildman–Crippen MR) is 57.6 cm³/mol. The number of aromatic nitrogens is 2. The Labute approximate surface area is 89.6 Å². The van der Waals surface area contributed by atoms with Crippen molar-refractivity contribution >= 4 is 5.82 Å². The third kappa shape index (κ3) is 3.52. The molecule has 15 heavy (non-hydrogen) atoms. The van der Waals surface area contributed by atoms with Crippen LogP contribution in [0.2, 0.25) is 0 Å². The van der Waals surface area contributed by atoms with Crippen LogP contribution in [0.4, 0.5) is 5.82 Å². The molecule has 2 N–H and O–H groups in total. The highest BCUT2D eigenvalue weighted by molar-refractivity contribution is 5.22. The number of nitriles is 1. The maximum Gasteiger partial charge on any atom is 0.141 e. The molecule has 0 radical (unpaired) electrons. The number of hydrogen-bond acceptors (Lipinski definition) is 5. The smallest absolute Gasteiger partial charge is 0.141 e. The summed E-state index contributed by atoms with van der Waals surface area (Å²) < 4.78 is 0. The summed E-state index contributed by atoms with van der Waals surface area (Å²) >= 11 is 0. The molecule has 0 aliphatic heterocycles. The van der Waals surface area contributed by atoms with Gasteiger partial charge in [-0.2, -0.15) is 5.26 Å². The van der Waals surface area contributed by atoms with E-state index in [1.807, 2.05) is 14.0 Å².